The minimum Gasteiger partial charge on any atom is -0.314 e. The van der Waals surface area contributed by atoms with Crippen LogP contribution >= 0.6 is 11.6 Å². The Labute approximate surface area is 195 Å². The summed E-state index contributed by atoms with van der Waals surface area (Å²) in [6.45, 7) is -0.759. The first-order chi connectivity index (χ1) is 15.9. The molecule has 0 radical (unpaired) electrons. The largest absolute Gasteiger partial charge is 0.314 e. The average molecular weight is 462 g/mol. The molecule has 1 aliphatic heterocycles. The first-order valence-corrected chi connectivity index (χ1v) is 10.6. The van der Waals surface area contributed by atoms with Crippen LogP contribution in [0.3, 0.4) is 0 Å². The Balaban J connectivity index is 1.56. The maximum atomic E-state index is 13.3. The van der Waals surface area contributed by atoms with Crippen LogP contribution in [0.5, 0.6) is 0 Å². The number of carbonyl (C=O) groups excluding carboxylic acids is 4. The summed E-state index contributed by atoms with van der Waals surface area (Å²) in [5.41, 5.74) is 1.58. The van der Waals surface area contributed by atoms with Crippen LogP contribution in [0.4, 0.5) is 11.4 Å². The van der Waals surface area contributed by atoms with E-state index in [1.54, 1.807) is 85.9 Å². The Hall–Kier alpha value is -3.97. The zero-order chi connectivity index (χ0) is 23.5. The Kier molecular flexibility index (Phi) is 6.24. The SMILES string of the molecule is CN(C(=O)CN(C(=O)CN1C(=O)c2ccccc2C1=O)c1ccccc1)c1cccc(Cl)c1. The number of rotatable bonds is 6. The molecular weight excluding hydrogens is 442 g/mol. The van der Waals surface area contributed by atoms with Crippen molar-refractivity contribution in [3.05, 3.63) is 95.0 Å². The topological polar surface area (TPSA) is 78.0 Å². The summed E-state index contributed by atoms with van der Waals surface area (Å²) in [7, 11) is 1.59. The van der Waals surface area contributed by atoms with E-state index in [1.807, 2.05) is 0 Å². The van der Waals surface area contributed by atoms with Gasteiger partial charge < -0.3 is 9.80 Å². The van der Waals surface area contributed by atoms with Crippen LogP contribution < -0.4 is 9.80 Å². The van der Waals surface area contributed by atoms with Crippen LogP contribution in [0.2, 0.25) is 5.02 Å². The molecule has 1 heterocycles. The fourth-order valence-electron chi connectivity index (χ4n) is 3.60. The quantitative estimate of drug-likeness (QED) is 0.525. The first-order valence-electron chi connectivity index (χ1n) is 10.2. The zero-order valence-electron chi connectivity index (χ0n) is 17.8. The second-order valence-electron chi connectivity index (χ2n) is 7.49. The third-order valence-electron chi connectivity index (χ3n) is 5.40. The van der Waals surface area contributed by atoms with Crippen molar-refractivity contribution in [2.45, 2.75) is 0 Å². The number of likely N-dealkylation sites (N-methyl/N-ethyl adjacent to an activating group) is 1. The lowest BCUT2D eigenvalue weighted by molar-refractivity contribution is -0.122. The number of para-hydroxylation sites is 1. The van der Waals surface area contributed by atoms with E-state index < -0.39 is 24.3 Å². The van der Waals surface area contributed by atoms with Gasteiger partial charge in [0, 0.05) is 23.4 Å². The van der Waals surface area contributed by atoms with Crippen LogP contribution in [-0.2, 0) is 9.59 Å². The number of halogens is 1. The lowest BCUT2D eigenvalue weighted by Gasteiger charge is -2.27. The highest BCUT2D eigenvalue weighted by atomic mass is 35.5. The first kappa shape index (κ1) is 22.2. The van der Waals surface area contributed by atoms with E-state index >= 15 is 0 Å². The molecule has 8 heteroatoms. The minimum absolute atomic E-state index is 0.262. The van der Waals surface area contributed by atoms with Crippen molar-refractivity contribution in [3.63, 3.8) is 0 Å². The Morgan fingerprint density at radius 1 is 0.788 bits per heavy atom. The molecule has 4 rings (SSSR count). The Morgan fingerprint density at radius 3 is 1.97 bits per heavy atom. The van der Waals surface area contributed by atoms with Gasteiger partial charge in [-0.3, -0.25) is 24.1 Å². The normalized spacial score (nSPS) is 12.5. The summed E-state index contributed by atoms with van der Waals surface area (Å²) in [5, 5.41) is 0.480. The van der Waals surface area contributed by atoms with Crippen molar-refractivity contribution in [2.75, 3.05) is 29.9 Å². The van der Waals surface area contributed by atoms with E-state index in [-0.39, 0.29) is 23.6 Å². The van der Waals surface area contributed by atoms with Crippen LogP contribution in [0.25, 0.3) is 0 Å². The number of hydrogen-bond donors (Lipinski definition) is 0. The molecule has 7 nitrogen and oxygen atoms in total. The number of nitrogens with zero attached hydrogens (tertiary/aromatic N) is 3. The average Bonchev–Trinajstić information content (AvgIpc) is 3.07. The van der Waals surface area contributed by atoms with Gasteiger partial charge in [-0.25, -0.2) is 0 Å². The molecule has 3 aromatic rings. The van der Waals surface area contributed by atoms with Crippen molar-refractivity contribution in [3.8, 4) is 0 Å². The van der Waals surface area contributed by atoms with Crippen molar-refractivity contribution in [1.29, 1.82) is 0 Å². The number of fused-ring (bicyclic) bond motifs is 1. The lowest BCUT2D eigenvalue weighted by atomic mass is 10.1. The molecule has 33 heavy (non-hydrogen) atoms. The lowest BCUT2D eigenvalue weighted by Crippen LogP contribution is -2.47. The summed E-state index contributed by atoms with van der Waals surface area (Å²) in [5.74, 6) is -1.97. The summed E-state index contributed by atoms with van der Waals surface area (Å²) >= 11 is 6.03. The highest BCUT2D eigenvalue weighted by Gasteiger charge is 2.37. The molecule has 0 saturated heterocycles. The predicted molar refractivity (Wildman–Crippen MR) is 125 cm³/mol. The molecule has 0 fully saturated rings. The van der Waals surface area contributed by atoms with Gasteiger partial charge in [0.2, 0.25) is 11.8 Å². The molecule has 3 aromatic carbocycles. The summed E-state index contributed by atoms with van der Waals surface area (Å²) in [6.07, 6.45) is 0. The van der Waals surface area contributed by atoms with Crippen LogP contribution in [0.15, 0.2) is 78.9 Å². The molecular formula is C25H20ClN3O4. The monoisotopic (exact) mass is 461 g/mol. The predicted octanol–water partition coefficient (Wildman–Crippen LogP) is 3.63. The third-order valence-corrected chi connectivity index (χ3v) is 5.64. The fourth-order valence-corrected chi connectivity index (χ4v) is 3.79. The van der Waals surface area contributed by atoms with Crippen molar-refractivity contribution < 1.29 is 19.2 Å². The van der Waals surface area contributed by atoms with Crippen LogP contribution in [0.1, 0.15) is 20.7 Å². The second kappa shape index (κ2) is 9.26. The Bertz CT molecular complexity index is 1210. The molecule has 166 valence electrons. The van der Waals surface area contributed by atoms with Gasteiger partial charge >= 0.3 is 0 Å². The highest BCUT2D eigenvalue weighted by molar-refractivity contribution is 6.31. The molecule has 4 amide bonds. The maximum Gasteiger partial charge on any atom is 0.262 e. The van der Waals surface area contributed by atoms with E-state index in [0.29, 0.717) is 16.4 Å². The number of anilines is 2. The van der Waals surface area contributed by atoms with Crippen molar-refractivity contribution in [1.82, 2.24) is 4.90 Å². The van der Waals surface area contributed by atoms with E-state index in [4.69, 9.17) is 11.6 Å². The molecule has 0 atom stereocenters. The standard InChI is InChI=1S/C25H20ClN3O4/c1-27(19-11-7-8-17(26)14-19)22(30)15-28(18-9-3-2-4-10-18)23(31)16-29-24(32)20-12-5-6-13-21(20)25(29)33/h2-14H,15-16H2,1H3. The van der Waals surface area contributed by atoms with Crippen molar-refractivity contribution in [2.24, 2.45) is 0 Å². The number of amides is 4. The summed E-state index contributed by atoms with van der Waals surface area (Å²) in [4.78, 5) is 55.3. The third kappa shape index (κ3) is 4.49. The molecule has 1 aliphatic rings. The van der Waals surface area contributed by atoms with Crippen LogP contribution in [-0.4, -0.2) is 48.7 Å². The van der Waals surface area contributed by atoms with Gasteiger partial charge in [0.05, 0.1) is 11.1 Å². The van der Waals surface area contributed by atoms with Crippen LogP contribution in [0, 0.1) is 0 Å². The second-order valence-corrected chi connectivity index (χ2v) is 7.93. The molecule has 0 aliphatic carbocycles. The van der Waals surface area contributed by atoms with E-state index in [1.165, 1.54) is 9.80 Å². The van der Waals surface area contributed by atoms with E-state index in [9.17, 15) is 19.2 Å². The van der Waals surface area contributed by atoms with Gasteiger partial charge in [0.25, 0.3) is 11.8 Å². The van der Waals surface area contributed by atoms with E-state index in [2.05, 4.69) is 0 Å². The van der Waals surface area contributed by atoms with Gasteiger partial charge in [-0.05, 0) is 42.5 Å². The summed E-state index contributed by atoms with van der Waals surface area (Å²) < 4.78 is 0. The van der Waals surface area contributed by atoms with Gasteiger partial charge in [0.1, 0.15) is 13.1 Å². The zero-order valence-corrected chi connectivity index (χ0v) is 18.5. The van der Waals surface area contributed by atoms with Crippen molar-refractivity contribution >= 4 is 46.6 Å². The number of carbonyl (C=O) groups is 4. The summed E-state index contributed by atoms with van der Waals surface area (Å²) in [6, 6.07) is 21.9. The van der Waals surface area contributed by atoms with Gasteiger partial charge in [-0.1, -0.05) is 48.0 Å². The minimum atomic E-state index is -0.552. The number of benzene rings is 3. The van der Waals surface area contributed by atoms with Gasteiger partial charge in [-0.15, -0.1) is 0 Å². The van der Waals surface area contributed by atoms with Gasteiger partial charge in [0.15, 0.2) is 0 Å². The molecule has 0 N–H and O–H groups in total. The molecule has 0 aromatic heterocycles. The maximum absolute atomic E-state index is 13.3. The molecule has 0 saturated carbocycles. The highest BCUT2D eigenvalue weighted by Crippen LogP contribution is 2.24. The van der Waals surface area contributed by atoms with Gasteiger partial charge in [-0.2, -0.15) is 0 Å². The smallest absolute Gasteiger partial charge is 0.262 e. The fraction of sp³-hybridized carbons (Fsp3) is 0.120. The molecule has 0 unspecified atom stereocenters. The number of hydrogen-bond acceptors (Lipinski definition) is 4. The number of imide groups is 1. The molecule has 0 spiro atoms. The molecule has 0 bridgehead atoms. The Morgan fingerprint density at radius 2 is 1.36 bits per heavy atom. The van der Waals surface area contributed by atoms with E-state index in [0.717, 1.165) is 4.90 Å².